The zero-order valence-corrected chi connectivity index (χ0v) is 11.6. The smallest absolute Gasteiger partial charge is 0.215 e. The first-order valence-corrected chi connectivity index (χ1v) is 7.08. The summed E-state index contributed by atoms with van der Waals surface area (Å²) in [6, 6.07) is 21.2. The molecule has 0 aliphatic carbocycles. The van der Waals surface area contributed by atoms with Crippen LogP contribution in [0.5, 0.6) is 0 Å². The quantitative estimate of drug-likeness (QED) is 0.415. The van der Waals surface area contributed by atoms with Crippen molar-refractivity contribution in [2.45, 2.75) is 0 Å². The largest absolute Gasteiger partial charge is 0.313 e. The summed E-state index contributed by atoms with van der Waals surface area (Å²) in [7, 11) is 2.08. The molecule has 0 bridgehead atoms. The molecule has 100 valence electrons. The molecule has 0 aliphatic heterocycles. The van der Waals surface area contributed by atoms with Gasteiger partial charge >= 0.3 is 0 Å². The Balaban J connectivity index is 2.20. The molecule has 3 nitrogen and oxygen atoms in total. The Morgan fingerprint density at radius 2 is 1.62 bits per heavy atom. The van der Waals surface area contributed by atoms with Crippen LogP contribution in [-0.4, -0.2) is 14.0 Å². The summed E-state index contributed by atoms with van der Waals surface area (Å²) < 4.78 is 4.44. The highest BCUT2D eigenvalue weighted by atomic mass is 15.2. The van der Waals surface area contributed by atoms with E-state index in [0.29, 0.717) is 0 Å². The lowest BCUT2D eigenvalue weighted by Gasteiger charge is -2.01. The summed E-state index contributed by atoms with van der Waals surface area (Å²) in [5.41, 5.74) is 4.65. The second kappa shape index (κ2) is 3.64. The Kier molecular flexibility index (Phi) is 1.89. The summed E-state index contributed by atoms with van der Waals surface area (Å²) in [6.07, 6.45) is 0. The molecular formula is C18H13N3. The maximum absolute atomic E-state index is 4.78. The summed E-state index contributed by atoms with van der Waals surface area (Å²) in [5.74, 6) is 0.988. The fourth-order valence-corrected chi connectivity index (χ4v) is 3.32. The van der Waals surface area contributed by atoms with Gasteiger partial charge < -0.3 is 4.57 Å². The first-order valence-electron chi connectivity index (χ1n) is 7.08. The Bertz CT molecular complexity index is 1140. The lowest BCUT2D eigenvalue weighted by molar-refractivity contribution is 0.974. The first-order chi connectivity index (χ1) is 10.3. The molecule has 5 rings (SSSR count). The molecule has 0 amide bonds. The zero-order chi connectivity index (χ0) is 14.0. The van der Waals surface area contributed by atoms with Gasteiger partial charge in [0.1, 0.15) is 0 Å². The van der Waals surface area contributed by atoms with E-state index < -0.39 is 0 Å². The van der Waals surface area contributed by atoms with Crippen LogP contribution in [0.4, 0.5) is 0 Å². The predicted molar refractivity (Wildman–Crippen MR) is 86.7 cm³/mol. The fourth-order valence-electron chi connectivity index (χ4n) is 3.32. The highest BCUT2D eigenvalue weighted by Crippen LogP contribution is 2.30. The molecule has 0 radical (unpaired) electrons. The molecule has 0 saturated carbocycles. The fraction of sp³-hybridized carbons (Fsp3) is 0.0556. The van der Waals surface area contributed by atoms with Crippen molar-refractivity contribution in [2.24, 2.45) is 7.05 Å². The van der Waals surface area contributed by atoms with Crippen LogP contribution in [0.1, 0.15) is 0 Å². The lowest BCUT2D eigenvalue weighted by Crippen LogP contribution is -1.87. The number of aryl methyl sites for hydroxylation is 1. The zero-order valence-electron chi connectivity index (χ0n) is 11.6. The topological polar surface area (TPSA) is 22.2 Å². The number of hydrogen-bond donors (Lipinski definition) is 0. The Labute approximate surface area is 121 Å². The summed E-state index contributed by atoms with van der Waals surface area (Å²) in [5, 5.41) is 2.53. The van der Waals surface area contributed by atoms with E-state index in [9.17, 15) is 0 Å². The van der Waals surface area contributed by atoms with Crippen molar-refractivity contribution in [3.63, 3.8) is 0 Å². The van der Waals surface area contributed by atoms with Crippen molar-refractivity contribution < 1.29 is 0 Å². The minimum Gasteiger partial charge on any atom is -0.313 e. The standard InChI is InChI=1S/C18H13N3/c1-20-16-11-10-12-6-2-3-7-13(12)17(16)21-15-9-5-4-8-14(15)19-18(20)21/h2-11H,1H3. The van der Waals surface area contributed by atoms with E-state index in [1.54, 1.807) is 0 Å². The number of para-hydroxylation sites is 2. The Hall–Kier alpha value is -2.81. The van der Waals surface area contributed by atoms with E-state index in [4.69, 9.17) is 4.98 Å². The van der Waals surface area contributed by atoms with Crippen molar-refractivity contribution in [1.29, 1.82) is 0 Å². The average Bonchev–Trinajstić information content (AvgIpc) is 3.04. The third kappa shape index (κ3) is 1.26. The maximum atomic E-state index is 4.78. The highest BCUT2D eigenvalue weighted by Gasteiger charge is 2.15. The van der Waals surface area contributed by atoms with Crippen molar-refractivity contribution in [2.75, 3.05) is 0 Å². The minimum atomic E-state index is 0.988. The van der Waals surface area contributed by atoms with E-state index in [2.05, 4.69) is 70.6 Å². The number of benzene rings is 3. The van der Waals surface area contributed by atoms with Crippen LogP contribution in [0.2, 0.25) is 0 Å². The number of imidazole rings is 2. The van der Waals surface area contributed by atoms with Gasteiger partial charge in [0.05, 0.1) is 22.1 Å². The number of fused-ring (bicyclic) bond motifs is 7. The summed E-state index contributed by atoms with van der Waals surface area (Å²) in [6.45, 7) is 0. The molecule has 2 heterocycles. The molecule has 2 aromatic heterocycles. The van der Waals surface area contributed by atoms with Crippen LogP contribution < -0.4 is 0 Å². The predicted octanol–water partition coefficient (Wildman–Crippen LogP) is 4.13. The molecule has 5 aromatic rings. The molecule has 0 fully saturated rings. The molecule has 0 aliphatic rings. The first kappa shape index (κ1) is 10.9. The van der Waals surface area contributed by atoms with Crippen LogP contribution in [0.3, 0.4) is 0 Å². The van der Waals surface area contributed by atoms with Gasteiger partial charge in [0.2, 0.25) is 5.78 Å². The molecular weight excluding hydrogens is 258 g/mol. The van der Waals surface area contributed by atoms with Crippen LogP contribution in [0.15, 0.2) is 60.7 Å². The SMILES string of the molecule is Cn1c2ccc3ccccc3c2n2c3ccccc3nc12. The molecule has 0 saturated heterocycles. The molecule has 0 atom stereocenters. The van der Waals surface area contributed by atoms with Gasteiger partial charge in [0.15, 0.2) is 0 Å². The normalized spacial score (nSPS) is 12.0. The van der Waals surface area contributed by atoms with Crippen molar-refractivity contribution in [1.82, 2.24) is 14.0 Å². The van der Waals surface area contributed by atoms with Gasteiger partial charge in [-0.1, -0.05) is 42.5 Å². The summed E-state index contributed by atoms with van der Waals surface area (Å²) >= 11 is 0. The molecule has 0 unspecified atom stereocenters. The number of rotatable bonds is 0. The molecule has 0 spiro atoms. The Morgan fingerprint density at radius 3 is 2.57 bits per heavy atom. The van der Waals surface area contributed by atoms with Gasteiger partial charge in [-0.15, -0.1) is 0 Å². The van der Waals surface area contributed by atoms with Crippen LogP contribution in [0.25, 0.3) is 38.6 Å². The Morgan fingerprint density at radius 1 is 0.810 bits per heavy atom. The van der Waals surface area contributed by atoms with Crippen LogP contribution in [-0.2, 0) is 7.05 Å². The molecule has 3 aromatic carbocycles. The molecule has 21 heavy (non-hydrogen) atoms. The average molecular weight is 271 g/mol. The second-order valence-electron chi connectivity index (χ2n) is 5.45. The molecule has 3 heteroatoms. The van der Waals surface area contributed by atoms with Crippen LogP contribution in [0, 0.1) is 0 Å². The highest BCUT2D eigenvalue weighted by molar-refractivity contribution is 6.07. The maximum Gasteiger partial charge on any atom is 0.215 e. The third-order valence-corrected chi connectivity index (χ3v) is 4.31. The number of nitrogens with zero attached hydrogens (tertiary/aromatic N) is 3. The summed E-state index contributed by atoms with van der Waals surface area (Å²) in [4.78, 5) is 4.78. The van der Waals surface area contributed by atoms with E-state index in [1.807, 2.05) is 6.07 Å². The second-order valence-corrected chi connectivity index (χ2v) is 5.45. The third-order valence-electron chi connectivity index (χ3n) is 4.31. The van der Waals surface area contributed by atoms with Crippen molar-refractivity contribution >= 4 is 38.6 Å². The van der Waals surface area contributed by atoms with Gasteiger partial charge in [-0.05, 0) is 23.6 Å². The van der Waals surface area contributed by atoms with E-state index >= 15 is 0 Å². The van der Waals surface area contributed by atoms with Gasteiger partial charge in [-0.25, -0.2) is 4.98 Å². The van der Waals surface area contributed by atoms with Gasteiger partial charge in [-0.3, -0.25) is 4.40 Å². The van der Waals surface area contributed by atoms with Crippen molar-refractivity contribution in [3.8, 4) is 0 Å². The number of hydrogen-bond acceptors (Lipinski definition) is 1. The van der Waals surface area contributed by atoms with E-state index in [0.717, 1.165) is 16.8 Å². The van der Waals surface area contributed by atoms with Gasteiger partial charge in [-0.2, -0.15) is 0 Å². The van der Waals surface area contributed by atoms with Gasteiger partial charge in [0, 0.05) is 12.4 Å². The lowest BCUT2D eigenvalue weighted by atomic mass is 10.1. The van der Waals surface area contributed by atoms with E-state index in [1.165, 1.54) is 21.8 Å². The minimum absolute atomic E-state index is 0.988. The van der Waals surface area contributed by atoms with Gasteiger partial charge in [0.25, 0.3) is 0 Å². The molecule has 0 N–H and O–H groups in total. The number of aromatic nitrogens is 3. The monoisotopic (exact) mass is 271 g/mol. The van der Waals surface area contributed by atoms with Crippen LogP contribution >= 0.6 is 0 Å². The van der Waals surface area contributed by atoms with Crippen molar-refractivity contribution in [3.05, 3.63) is 60.7 Å². The van der Waals surface area contributed by atoms with E-state index in [-0.39, 0.29) is 0 Å².